The van der Waals surface area contributed by atoms with Crippen LogP contribution in [0.3, 0.4) is 0 Å². The van der Waals surface area contributed by atoms with Gasteiger partial charge in [-0.1, -0.05) is 19.0 Å². The summed E-state index contributed by atoms with van der Waals surface area (Å²) in [6.45, 7) is 9.42. The number of nitrogens with one attached hydrogen (secondary N) is 1. The van der Waals surface area contributed by atoms with Crippen molar-refractivity contribution in [3.63, 3.8) is 0 Å². The average molecular weight is 237 g/mol. The molecule has 1 N–H and O–H groups in total. The first kappa shape index (κ1) is 12.6. The fraction of sp³-hybridized carbons (Fsp3) is 0.846. The van der Waals surface area contributed by atoms with E-state index in [1.54, 1.807) is 0 Å². The number of rotatable bonds is 4. The molecule has 4 nitrogen and oxygen atoms in total. The Morgan fingerprint density at radius 2 is 2.18 bits per heavy atom. The van der Waals surface area contributed by atoms with Gasteiger partial charge in [-0.3, -0.25) is 0 Å². The molecule has 0 aromatic carbocycles. The van der Waals surface area contributed by atoms with E-state index in [1.807, 2.05) is 0 Å². The highest BCUT2D eigenvalue weighted by Crippen LogP contribution is 2.37. The highest BCUT2D eigenvalue weighted by atomic mass is 16.5. The lowest BCUT2D eigenvalue weighted by atomic mass is 10.0. The van der Waals surface area contributed by atoms with Gasteiger partial charge in [-0.15, -0.1) is 0 Å². The molecule has 1 fully saturated rings. The average Bonchev–Trinajstić information content (AvgIpc) is 2.85. The smallest absolute Gasteiger partial charge is 0.246 e. The summed E-state index contributed by atoms with van der Waals surface area (Å²) in [4.78, 5) is 4.58. The van der Waals surface area contributed by atoms with Gasteiger partial charge < -0.3 is 9.84 Å². The molecule has 1 heterocycles. The van der Waals surface area contributed by atoms with E-state index in [0.717, 1.165) is 18.3 Å². The van der Waals surface area contributed by atoms with Crippen LogP contribution in [-0.2, 0) is 5.54 Å². The molecule has 2 unspecified atom stereocenters. The van der Waals surface area contributed by atoms with Crippen LogP contribution < -0.4 is 5.32 Å². The second kappa shape index (κ2) is 4.77. The molecule has 0 spiro atoms. The summed E-state index contributed by atoms with van der Waals surface area (Å²) < 4.78 is 5.41. The Kier molecular flexibility index (Phi) is 3.52. The minimum absolute atomic E-state index is 0.232. The largest absolute Gasteiger partial charge is 0.337 e. The van der Waals surface area contributed by atoms with Crippen molar-refractivity contribution in [3.05, 3.63) is 11.7 Å². The van der Waals surface area contributed by atoms with Crippen LogP contribution in [0, 0.1) is 5.92 Å². The molecule has 1 aromatic rings. The van der Waals surface area contributed by atoms with E-state index < -0.39 is 0 Å². The lowest BCUT2D eigenvalue weighted by molar-refractivity contribution is 0.270. The Morgan fingerprint density at radius 3 is 2.76 bits per heavy atom. The first-order chi connectivity index (χ1) is 8.03. The van der Waals surface area contributed by atoms with E-state index in [-0.39, 0.29) is 5.54 Å². The molecular weight excluding hydrogens is 214 g/mol. The molecule has 0 aliphatic heterocycles. The van der Waals surface area contributed by atoms with E-state index >= 15 is 0 Å². The van der Waals surface area contributed by atoms with Gasteiger partial charge in [0.2, 0.25) is 5.89 Å². The molecule has 2 rings (SSSR count). The van der Waals surface area contributed by atoms with Gasteiger partial charge in [0.1, 0.15) is 0 Å². The van der Waals surface area contributed by atoms with Gasteiger partial charge in [0.25, 0.3) is 0 Å². The van der Waals surface area contributed by atoms with Crippen molar-refractivity contribution in [1.29, 1.82) is 0 Å². The zero-order valence-corrected chi connectivity index (χ0v) is 11.3. The third-order valence-electron chi connectivity index (χ3n) is 3.66. The van der Waals surface area contributed by atoms with Crippen LogP contribution in [0.4, 0.5) is 0 Å². The van der Waals surface area contributed by atoms with Crippen molar-refractivity contribution in [2.45, 2.75) is 58.4 Å². The molecule has 0 amide bonds. The van der Waals surface area contributed by atoms with Crippen LogP contribution in [-0.4, -0.2) is 16.7 Å². The summed E-state index contributed by atoms with van der Waals surface area (Å²) in [6.07, 6.45) is 3.67. The number of nitrogens with zero attached hydrogens (tertiary/aromatic N) is 2. The SMILES string of the molecule is CCNC(C)(C)c1nc(C2CCC(C)C2)no1. The van der Waals surface area contributed by atoms with Crippen molar-refractivity contribution in [1.82, 2.24) is 15.5 Å². The zero-order chi connectivity index (χ0) is 12.5. The van der Waals surface area contributed by atoms with Crippen molar-refractivity contribution < 1.29 is 4.52 Å². The highest BCUT2D eigenvalue weighted by Gasteiger charge is 2.31. The maximum atomic E-state index is 5.41. The van der Waals surface area contributed by atoms with Gasteiger partial charge in [-0.05, 0) is 45.6 Å². The third-order valence-corrected chi connectivity index (χ3v) is 3.66. The molecule has 1 aliphatic carbocycles. The molecule has 96 valence electrons. The van der Waals surface area contributed by atoms with Crippen LogP contribution in [0.5, 0.6) is 0 Å². The van der Waals surface area contributed by atoms with Crippen LogP contribution in [0.1, 0.15) is 64.6 Å². The number of hydrogen-bond donors (Lipinski definition) is 1. The fourth-order valence-electron chi connectivity index (χ4n) is 2.61. The molecular formula is C13H23N3O. The van der Waals surface area contributed by atoms with Crippen LogP contribution >= 0.6 is 0 Å². The maximum Gasteiger partial charge on any atom is 0.246 e. The second-order valence-corrected chi connectivity index (χ2v) is 5.73. The van der Waals surface area contributed by atoms with Gasteiger partial charge in [-0.2, -0.15) is 4.98 Å². The summed E-state index contributed by atoms with van der Waals surface area (Å²) in [5, 5.41) is 7.51. The van der Waals surface area contributed by atoms with Gasteiger partial charge in [0.15, 0.2) is 5.82 Å². The highest BCUT2D eigenvalue weighted by molar-refractivity contribution is 5.04. The normalized spacial score (nSPS) is 25.4. The Labute approximate surface area is 103 Å². The van der Waals surface area contributed by atoms with E-state index in [0.29, 0.717) is 11.8 Å². The van der Waals surface area contributed by atoms with Crippen LogP contribution in [0.15, 0.2) is 4.52 Å². The Bertz CT molecular complexity index is 372. The van der Waals surface area contributed by atoms with Crippen LogP contribution in [0.25, 0.3) is 0 Å². The van der Waals surface area contributed by atoms with Gasteiger partial charge in [0, 0.05) is 5.92 Å². The summed E-state index contributed by atoms with van der Waals surface area (Å²) in [5.74, 6) is 2.90. The summed E-state index contributed by atoms with van der Waals surface area (Å²) in [6, 6.07) is 0. The van der Waals surface area contributed by atoms with E-state index in [2.05, 4.69) is 43.2 Å². The first-order valence-electron chi connectivity index (χ1n) is 6.62. The predicted molar refractivity (Wildman–Crippen MR) is 66.8 cm³/mol. The number of aromatic nitrogens is 2. The van der Waals surface area contributed by atoms with Crippen molar-refractivity contribution in [3.8, 4) is 0 Å². The summed E-state index contributed by atoms with van der Waals surface area (Å²) >= 11 is 0. The first-order valence-corrected chi connectivity index (χ1v) is 6.62. The predicted octanol–water partition coefficient (Wildman–Crippen LogP) is 2.82. The molecule has 17 heavy (non-hydrogen) atoms. The van der Waals surface area contributed by atoms with Gasteiger partial charge in [-0.25, -0.2) is 0 Å². The molecule has 0 bridgehead atoms. The van der Waals surface area contributed by atoms with E-state index in [4.69, 9.17) is 4.52 Å². The maximum absolute atomic E-state index is 5.41. The lowest BCUT2D eigenvalue weighted by Gasteiger charge is -2.20. The third kappa shape index (κ3) is 2.68. The molecule has 0 saturated heterocycles. The minimum Gasteiger partial charge on any atom is -0.337 e. The molecule has 0 radical (unpaired) electrons. The van der Waals surface area contributed by atoms with Gasteiger partial charge in [0.05, 0.1) is 5.54 Å². The molecule has 2 atom stereocenters. The lowest BCUT2D eigenvalue weighted by Crippen LogP contribution is -2.36. The van der Waals surface area contributed by atoms with Crippen molar-refractivity contribution in [2.75, 3.05) is 6.54 Å². The molecule has 1 aromatic heterocycles. The Morgan fingerprint density at radius 1 is 1.41 bits per heavy atom. The van der Waals surface area contributed by atoms with E-state index in [9.17, 15) is 0 Å². The van der Waals surface area contributed by atoms with Gasteiger partial charge >= 0.3 is 0 Å². The molecule has 4 heteroatoms. The molecule has 1 saturated carbocycles. The topological polar surface area (TPSA) is 51.0 Å². The summed E-state index contributed by atoms with van der Waals surface area (Å²) in [7, 11) is 0. The summed E-state index contributed by atoms with van der Waals surface area (Å²) in [5.41, 5.74) is -0.232. The monoisotopic (exact) mass is 237 g/mol. The van der Waals surface area contributed by atoms with E-state index in [1.165, 1.54) is 19.3 Å². The van der Waals surface area contributed by atoms with Crippen LogP contribution in [0.2, 0.25) is 0 Å². The number of hydrogen-bond acceptors (Lipinski definition) is 4. The Hall–Kier alpha value is -0.900. The second-order valence-electron chi connectivity index (χ2n) is 5.73. The van der Waals surface area contributed by atoms with Crippen molar-refractivity contribution >= 4 is 0 Å². The quantitative estimate of drug-likeness (QED) is 0.875. The standard InChI is InChI=1S/C13H23N3O/c1-5-14-13(3,4)12-15-11(16-17-12)10-7-6-9(2)8-10/h9-10,14H,5-8H2,1-4H3. The zero-order valence-electron chi connectivity index (χ0n) is 11.3. The Balaban J connectivity index is 2.10. The molecule has 1 aliphatic rings. The fourth-order valence-corrected chi connectivity index (χ4v) is 2.61. The minimum atomic E-state index is -0.232. The van der Waals surface area contributed by atoms with Crippen molar-refractivity contribution in [2.24, 2.45) is 5.92 Å².